The number of benzene rings is 1. The van der Waals surface area contributed by atoms with Gasteiger partial charge in [0.15, 0.2) is 0 Å². The largest absolute Gasteiger partial charge is 0.327 e. The third kappa shape index (κ3) is 3.72. The molecular weight excluding hydrogens is 264 g/mol. The topological polar surface area (TPSA) is 49.4 Å². The molecule has 1 aromatic rings. The molecule has 2 amide bonds. The Bertz CT molecular complexity index is 534. The van der Waals surface area contributed by atoms with Gasteiger partial charge in [0.05, 0.1) is 0 Å². The number of hydrogen-bond donors (Lipinski definition) is 1. The molecule has 1 fully saturated rings. The van der Waals surface area contributed by atoms with Gasteiger partial charge in [0.2, 0.25) is 11.8 Å². The molecular formula is C17H22N2O2. The van der Waals surface area contributed by atoms with Crippen molar-refractivity contribution in [3.63, 3.8) is 0 Å². The lowest BCUT2D eigenvalue weighted by molar-refractivity contribution is -0.141. The van der Waals surface area contributed by atoms with Crippen LogP contribution >= 0.6 is 0 Å². The maximum Gasteiger partial charge on any atom is 0.247 e. The predicted molar refractivity (Wildman–Crippen MR) is 83.9 cm³/mol. The molecule has 0 spiro atoms. The van der Waals surface area contributed by atoms with Gasteiger partial charge >= 0.3 is 0 Å². The molecule has 1 heterocycles. The second kappa shape index (κ2) is 6.57. The third-order valence-electron chi connectivity index (χ3n) is 3.65. The Labute approximate surface area is 125 Å². The molecule has 0 aliphatic carbocycles. The van der Waals surface area contributed by atoms with Crippen LogP contribution in [0, 0.1) is 5.92 Å². The highest BCUT2D eigenvalue weighted by Gasteiger charge is 2.36. The molecule has 21 heavy (non-hydrogen) atoms. The van der Waals surface area contributed by atoms with Crippen LogP contribution in [0.15, 0.2) is 36.9 Å². The molecule has 4 nitrogen and oxygen atoms in total. The van der Waals surface area contributed by atoms with Crippen LogP contribution in [0.25, 0.3) is 0 Å². The van der Waals surface area contributed by atoms with Crippen LogP contribution in [0.2, 0.25) is 0 Å². The molecule has 112 valence electrons. The molecule has 1 aromatic carbocycles. The fourth-order valence-corrected chi connectivity index (χ4v) is 2.46. The van der Waals surface area contributed by atoms with Crippen molar-refractivity contribution in [1.82, 2.24) is 4.90 Å². The monoisotopic (exact) mass is 286 g/mol. The summed E-state index contributed by atoms with van der Waals surface area (Å²) < 4.78 is 0. The van der Waals surface area contributed by atoms with E-state index in [-0.39, 0.29) is 17.9 Å². The zero-order valence-corrected chi connectivity index (χ0v) is 12.6. The number of nitrogens with zero attached hydrogens (tertiary/aromatic N) is 1. The molecule has 1 atom stereocenters. The molecule has 1 aliphatic heterocycles. The first-order valence-electron chi connectivity index (χ1n) is 7.34. The summed E-state index contributed by atoms with van der Waals surface area (Å²) in [5, 5.41) is 2.87. The van der Waals surface area contributed by atoms with E-state index in [1.165, 1.54) is 16.5 Å². The van der Waals surface area contributed by atoms with Crippen molar-refractivity contribution in [3.05, 3.63) is 42.5 Å². The van der Waals surface area contributed by atoms with Crippen molar-refractivity contribution >= 4 is 17.5 Å². The SMILES string of the molecule is C=CC(=O)N1CC[C@@H]1C(=O)Nc1ccc(CC(C)C)cc1. The van der Waals surface area contributed by atoms with Crippen LogP contribution in [-0.4, -0.2) is 29.3 Å². The minimum absolute atomic E-state index is 0.131. The van der Waals surface area contributed by atoms with Gasteiger partial charge in [0.1, 0.15) is 6.04 Å². The van der Waals surface area contributed by atoms with Gasteiger partial charge in [-0.3, -0.25) is 9.59 Å². The van der Waals surface area contributed by atoms with E-state index in [9.17, 15) is 9.59 Å². The number of hydrogen-bond acceptors (Lipinski definition) is 2. The number of amides is 2. The minimum atomic E-state index is -0.370. The average molecular weight is 286 g/mol. The second-order valence-corrected chi connectivity index (χ2v) is 5.82. The summed E-state index contributed by atoms with van der Waals surface area (Å²) in [7, 11) is 0. The van der Waals surface area contributed by atoms with Crippen LogP contribution in [0.3, 0.4) is 0 Å². The Hall–Kier alpha value is -2.10. The molecule has 0 unspecified atom stereocenters. The zero-order chi connectivity index (χ0) is 15.4. The van der Waals surface area contributed by atoms with Crippen LogP contribution < -0.4 is 5.32 Å². The Balaban J connectivity index is 1.94. The molecule has 1 aliphatic rings. The highest BCUT2D eigenvalue weighted by molar-refractivity contribution is 6.00. The number of carbonyl (C=O) groups is 2. The smallest absolute Gasteiger partial charge is 0.247 e. The number of anilines is 1. The lowest BCUT2D eigenvalue weighted by Gasteiger charge is -2.38. The number of likely N-dealkylation sites (tertiary alicyclic amines) is 1. The van der Waals surface area contributed by atoms with Crippen molar-refractivity contribution in [2.45, 2.75) is 32.7 Å². The molecule has 0 saturated carbocycles. The molecule has 4 heteroatoms. The first kappa shape index (κ1) is 15.3. The van der Waals surface area contributed by atoms with E-state index in [2.05, 4.69) is 25.7 Å². The summed E-state index contributed by atoms with van der Waals surface area (Å²) >= 11 is 0. The Kier molecular flexibility index (Phi) is 4.78. The van der Waals surface area contributed by atoms with Crippen LogP contribution in [-0.2, 0) is 16.0 Å². The summed E-state index contributed by atoms with van der Waals surface area (Å²) in [5.41, 5.74) is 2.03. The molecule has 0 bridgehead atoms. The van der Waals surface area contributed by atoms with Crippen molar-refractivity contribution in [2.24, 2.45) is 5.92 Å². The van der Waals surface area contributed by atoms with Gasteiger partial charge in [0, 0.05) is 12.2 Å². The summed E-state index contributed by atoms with van der Waals surface area (Å²) in [5.74, 6) is 0.292. The Morgan fingerprint density at radius 1 is 1.38 bits per heavy atom. The zero-order valence-electron chi connectivity index (χ0n) is 12.6. The number of rotatable bonds is 5. The van der Waals surface area contributed by atoms with Crippen molar-refractivity contribution in [3.8, 4) is 0 Å². The van der Waals surface area contributed by atoms with E-state index < -0.39 is 0 Å². The third-order valence-corrected chi connectivity index (χ3v) is 3.65. The van der Waals surface area contributed by atoms with E-state index >= 15 is 0 Å². The molecule has 0 aromatic heterocycles. The highest BCUT2D eigenvalue weighted by Crippen LogP contribution is 2.20. The van der Waals surface area contributed by atoms with E-state index in [0.717, 1.165) is 12.1 Å². The Morgan fingerprint density at radius 3 is 2.52 bits per heavy atom. The number of carbonyl (C=O) groups excluding carboxylic acids is 2. The van der Waals surface area contributed by atoms with Crippen molar-refractivity contribution < 1.29 is 9.59 Å². The van der Waals surface area contributed by atoms with E-state index in [1.807, 2.05) is 24.3 Å². The van der Waals surface area contributed by atoms with Crippen LogP contribution in [0.5, 0.6) is 0 Å². The summed E-state index contributed by atoms with van der Waals surface area (Å²) in [6, 6.07) is 7.51. The van der Waals surface area contributed by atoms with Crippen LogP contribution in [0.4, 0.5) is 5.69 Å². The lowest BCUT2D eigenvalue weighted by atomic mass is 10.0. The molecule has 2 rings (SSSR count). The fraction of sp³-hybridized carbons (Fsp3) is 0.412. The predicted octanol–water partition coefficient (Wildman–Crippen LogP) is 2.61. The van der Waals surface area contributed by atoms with Gasteiger partial charge in [-0.25, -0.2) is 0 Å². The first-order chi connectivity index (χ1) is 10.0. The normalized spacial score (nSPS) is 17.3. The molecule has 1 N–H and O–H groups in total. The van der Waals surface area contributed by atoms with Crippen molar-refractivity contribution in [2.75, 3.05) is 11.9 Å². The van der Waals surface area contributed by atoms with Crippen molar-refractivity contribution in [1.29, 1.82) is 0 Å². The number of nitrogens with one attached hydrogen (secondary N) is 1. The van der Waals surface area contributed by atoms with E-state index in [1.54, 1.807) is 0 Å². The fourth-order valence-electron chi connectivity index (χ4n) is 2.46. The van der Waals surface area contributed by atoms with Gasteiger partial charge in [-0.05, 0) is 42.5 Å². The maximum absolute atomic E-state index is 12.1. The van der Waals surface area contributed by atoms with Gasteiger partial charge in [-0.2, -0.15) is 0 Å². The Morgan fingerprint density at radius 2 is 2.05 bits per heavy atom. The lowest BCUT2D eigenvalue weighted by Crippen LogP contribution is -2.56. The minimum Gasteiger partial charge on any atom is -0.327 e. The molecule has 1 saturated heterocycles. The maximum atomic E-state index is 12.1. The van der Waals surface area contributed by atoms with Gasteiger partial charge in [0.25, 0.3) is 0 Å². The first-order valence-corrected chi connectivity index (χ1v) is 7.34. The summed E-state index contributed by atoms with van der Waals surface area (Å²) in [6.45, 7) is 8.43. The van der Waals surface area contributed by atoms with Gasteiger partial charge < -0.3 is 10.2 Å². The highest BCUT2D eigenvalue weighted by atomic mass is 16.2. The summed E-state index contributed by atoms with van der Waals surface area (Å²) in [4.78, 5) is 25.2. The average Bonchev–Trinajstić information content (AvgIpc) is 2.39. The van der Waals surface area contributed by atoms with E-state index in [4.69, 9.17) is 0 Å². The summed E-state index contributed by atoms with van der Waals surface area (Å²) in [6.07, 6.45) is 2.98. The van der Waals surface area contributed by atoms with E-state index in [0.29, 0.717) is 18.9 Å². The second-order valence-electron chi connectivity index (χ2n) is 5.82. The molecule has 0 radical (unpaired) electrons. The van der Waals surface area contributed by atoms with Gasteiger partial charge in [-0.15, -0.1) is 0 Å². The standard InChI is InChI=1S/C17H22N2O2/c1-4-16(20)19-10-9-15(19)17(21)18-14-7-5-13(6-8-14)11-12(2)3/h4-8,12,15H,1,9-11H2,2-3H3,(H,18,21)/t15-/m1/s1. The van der Waals surface area contributed by atoms with Gasteiger partial charge in [-0.1, -0.05) is 32.6 Å². The quantitative estimate of drug-likeness (QED) is 0.846. The van der Waals surface area contributed by atoms with Crippen LogP contribution in [0.1, 0.15) is 25.8 Å².